The SMILES string of the molecule is O=C1/C=C/C(=O)ON2CC(CC3=Cc4cc(C(F)(F)F)ccc4CC3)N=C2O1. The van der Waals surface area contributed by atoms with Crippen LogP contribution in [0.25, 0.3) is 6.08 Å². The zero-order valence-corrected chi connectivity index (χ0v) is 14.5. The number of carbonyl (C=O) groups is 2. The number of rotatable bonds is 2. The summed E-state index contributed by atoms with van der Waals surface area (Å²) >= 11 is 0. The highest BCUT2D eigenvalue weighted by atomic mass is 19.4. The Hall–Kier alpha value is -3.10. The Kier molecular flexibility index (Phi) is 4.44. The molecule has 6 nitrogen and oxygen atoms in total. The van der Waals surface area contributed by atoms with Crippen molar-refractivity contribution in [1.82, 2.24) is 5.06 Å². The maximum atomic E-state index is 13.0. The van der Waals surface area contributed by atoms with E-state index in [0.29, 0.717) is 24.8 Å². The number of alkyl halides is 3. The second kappa shape index (κ2) is 6.81. The Morgan fingerprint density at radius 1 is 1.14 bits per heavy atom. The first-order valence-electron chi connectivity index (χ1n) is 8.65. The van der Waals surface area contributed by atoms with Gasteiger partial charge in [-0.1, -0.05) is 17.7 Å². The molecule has 1 atom stereocenters. The van der Waals surface area contributed by atoms with E-state index in [9.17, 15) is 22.8 Å². The van der Waals surface area contributed by atoms with Crippen LogP contribution in [0.2, 0.25) is 0 Å². The molecule has 9 heteroatoms. The molecule has 0 radical (unpaired) electrons. The highest BCUT2D eigenvalue weighted by Gasteiger charge is 2.34. The molecule has 1 aliphatic carbocycles. The summed E-state index contributed by atoms with van der Waals surface area (Å²) in [5.74, 6) is -1.44. The first-order chi connectivity index (χ1) is 13.3. The molecule has 2 heterocycles. The molecule has 2 aliphatic heterocycles. The number of fused-ring (bicyclic) bond motifs is 2. The summed E-state index contributed by atoms with van der Waals surface area (Å²) in [7, 11) is 0. The van der Waals surface area contributed by atoms with Crippen molar-refractivity contribution in [3.05, 3.63) is 52.6 Å². The summed E-state index contributed by atoms with van der Waals surface area (Å²) in [4.78, 5) is 32.4. The highest BCUT2D eigenvalue weighted by molar-refractivity contribution is 5.99. The van der Waals surface area contributed by atoms with Crippen molar-refractivity contribution in [1.29, 1.82) is 0 Å². The van der Waals surface area contributed by atoms with E-state index in [0.717, 1.165) is 40.5 Å². The van der Waals surface area contributed by atoms with E-state index in [1.807, 2.05) is 0 Å². The van der Waals surface area contributed by atoms with E-state index in [-0.39, 0.29) is 18.6 Å². The lowest BCUT2D eigenvalue weighted by molar-refractivity contribution is -0.171. The summed E-state index contributed by atoms with van der Waals surface area (Å²) in [6, 6.07) is 3.33. The van der Waals surface area contributed by atoms with Crippen LogP contribution in [0.5, 0.6) is 0 Å². The van der Waals surface area contributed by atoms with Crippen LogP contribution in [-0.4, -0.2) is 35.6 Å². The molecule has 0 N–H and O–H groups in total. The molecule has 1 aromatic rings. The van der Waals surface area contributed by atoms with Crippen LogP contribution in [0.4, 0.5) is 13.2 Å². The Morgan fingerprint density at radius 2 is 1.93 bits per heavy atom. The quantitative estimate of drug-likeness (QED) is 0.724. The standard InChI is InChI=1S/C19H15F3N2O4/c20-19(21,22)14-4-3-12-2-1-11(7-13(12)9-14)8-15-10-24-18(23-15)27-16(25)5-6-17(26)28-24/h3-7,9,15H,1-2,8,10H2/b6-5+. The van der Waals surface area contributed by atoms with Gasteiger partial charge in [0.1, 0.15) is 0 Å². The fourth-order valence-electron chi connectivity index (χ4n) is 3.38. The van der Waals surface area contributed by atoms with Gasteiger partial charge in [-0.05, 0) is 42.5 Å². The molecule has 3 aliphatic rings. The van der Waals surface area contributed by atoms with Gasteiger partial charge in [0, 0.05) is 12.2 Å². The number of ether oxygens (including phenoxy) is 1. The van der Waals surface area contributed by atoms with Crippen LogP contribution in [0.1, 0.15) is 29.5 Å². The third-order valence-corrected chi connectivity index (χ3v) is 4.68. The third kappa shape index (κ3) is 3.78. The molecular weight excluding hydrogens is 377 g/mol. The molecule has 146 valence electrons. The number of hydrogen-bond acceptors (Lipinski definition) is 6. The predicted molar refractivity (Wildman–Crippen MR) is 91.6 cm³/mol. The molecule has 0 saturated heterocycles. The molecule has 4 rings (SSSR count). The van der Waals surface area contributed by atoms with Crippen LogP contribution in [0.15, 0.2) is 40.9 Å². The summed E-state index contributed by atoms with van der Waals surface area (Å²) in [5, 5.41) is 1.12. The van der Waals surface area contributed by atoms with E-state index in [1.165, 1.54) is 6.07 Å². The van der Waals surface area contributed by atoms with Gasteiger partial charge in [-0.15, -0.1) is 0 Å². The van der Waals surface area contributed by atoms with Crippen LogP contribution in [0, 0.1) is 0 Å². The number of halogens is 3. The average Bonchev–Trinajstić information content (AvgIpc) is 2.97. The second-order valence-corrected chi connectivity index (χ2v) is 6.71. The van der Waals surface area contributed by atoms with Crippen molar-refractivity contribution in [2.24, 2.45) is 4.99 Å². The van der Waals surface area contributed by atoms with E-state index >= 15 is 0 Å². The lowest BCUT2D eigenvalue weighted by Gasteiger charge is -2.20. The van der Waals surface area contributed by atoms with E-state index in [2.05, 4.69) is 4.99 Å². The smallest absolute Gasteiger partial charge is 0.387 e. The number of hydrogen-bond donors (Lipinski definition) is 0. The van der Waals surface area contributed by atoms with Gasteiger partial charge in [0.05, 0.1) is 18.2 Å². The summed E-state index contributed by atoms with van der Waals surface area (Å²) < 4.78 is 43.9. The van der Waals surface area contributed by atoms with Gasteiger partial charge in [-0.25, -0.2) is 14.6 Å². The number of carbonyl (C=O) groups excluding carboxylic acids is 2. The van der Waals surface area contributed by atoms with Crippen molar-refractivity contribution in [2.75, 3.05) is 6.54 Å². The minimum Gasteiger partial charge on any atom is -0.387 e. The molecule has 0 bridgehead atoms. The molecule has 0 aromatic heterocycles. The van der Waals surface area contributed by atoms with Gasteiger partial charge in [0.2, 0.25) is 0 Å². The summed E-state index contributed by atoms with van der Waals surface area (Å²) in [6.45, 7) is 0.203. The van der Waals surface area contributed by atoms with Crippen LogP contribution in [0.3, 0.4) is 0 Å². The Balaban J connectivity index is 1.51. The van der Waals surface area contributed by atoms with Crippen molar-refractivity contribution < 1.29 is 32.3 Å². The number of aliphatic imine (C=N–C) groups is 1. The lowest BCUT2D eigenvalue weighted by Crippen LogP contribution is -2.35. The molecule has 0 amide bonds. The number of esters is 1. The maximum absolute atomic E-state index is 13.0. The summed E-state index contributed by atoms with van der Waals surface area (Å²) in [5.41, 5.74) is 1.68. The minimum atomic E-state index is -4.39. The van der Waals surface area contributed by atoms with Gasteiger partial charge < -0.3 is 9.57 Å². The van der Waals surface area contributed by atoms with Gasteiger partial charge in [0.25, 0.3) is 0 Å². The fourth-order valence-corrected chi connectivity index (χ4v) is 3.38. The minimum absolute atomic E-state index is 0.0936. The molecule has 1 aromatic carbocycles. The number of benzene rings is 1. The topological polar surface area (TPSA) is 68.2 Å². The largest absolute Gasteiger partial charge is 0.416 e. The lowest BCUT2D eigenvalue weighted by atomic mass is 9.88. The molecule has 0 fully saturated rings. The second-order valence-electron chi connectivity index (χ2n) is 6.71. The van der Waals surface area contributed by atoms with Crippen LogP contribution < -0.4 is 0 Å². The van der Waals surface area contributed by atoms with E-state index in [1.54, 1.807) is 6.08 Å². The number of hydroxylamine groups is 2. The van der Waals surface area contributed by atoms with Gasteiger partial charge in [-0.2, -0.15) is 18.2 Å². The maximum Gasteiger partial charge on any atom is 0.416 e. The average molecular weight is 392 g/mol. The monoisotopic (exact) mass is 392 g/mol. The predicted octanol–water partition coefficient (Wildman–Crippen LogP) is 3.04. The normalized spacial score (nSPS) is 22.8. The van der Waals surface area contributed by atoms with Crippen molar-refractivity contribution >= 4 is 24.0 Å². The molecule has 0 saturated carbocycles. The van der Waals surface area contributed by atoms with Gasteiger partial charge in [-0.3, -0.25) is 0 Å². The first kappa shape index (κ1) is 18.3. The van der Waals surface area contributed by atoms with Crippen molar-refractivity contribution in [3.8, 4) is 0 Å². The van der Waals surface area contributed by atoms with Gasteiger partial charge in [0.15, 0.2) is 0 Å². The first-order valence-corrected chi connectivity index (χ1v) is 8.65. The van der Waals surface area contributed by atoms with Crippen LogP contribution in [-0.2, 0) is 31.8 Å². The van der Waals surface area contributed by atoms with Crippen molar-refractivity contribution in [3.63, 3.8) is 0 Å². The number of nitrogens with zero attached hydrogens (tertiary/aromatic N) is 2. The molecule has 0 spiro atoms. The third-order valence-electron chi connectivity index (χ3n) is 4.68. The highest BCUT2D eigenvalue weighted by Crippen LogP contribution is 2.34. The number of aryl methyl sites for hydroxylation is 1. The number of amidine groups is 1. The van der Waals surface area contributed by atoms with Crippen molar-refractivity contribution in [2.45, 2.75) is 31.5 Å². The zero-order valence-electron chi connectivity index (χ0n) is 14.5. The fraction of sp³-hybridized carbons (Fsp3) is 0.316. The van der Waals surface area contributed by atoms with Gasteiger partial charge >= 0.3 is 24.1 Å². The molecule has 28 heavy (non-hydrogen) atoms. The van der Waals surface area contributed by atoms with Crippen LogP contribution >= 0.6 is 0 Å². The Labute approximate surface area is 157 Å². The summed E-state index contributed by atoms with van der Waals surface area (Å²) in [6.07, 6.45) is 1.07. The molecular formula is C19H15F3N2O4. The Bertz CT molecular complexity index is 934. The zero-order chi connectivity index (χ0) is 19.9. The Morgan fingerprint density at radius 3 is 2.71 bits per heavy atom. The van der Waals surface area contributed by atoms with E-state index in [4.69, 9.17) is 9.57 Å². The molecule has 1 unspecified atom stereocenters. The van der Waals surface area contributed by atoms with E-state index < -0.39 is 23.7 Å².